The number of carbonyl (C=O) groups excluding carboxylic acids is 2. The molecule has 0 fully saturated rings. The van der Waals surface area contributed by atoms with E-state index in [1.165, 1.54) is 0 Å². The Hall–Kier alpha value is -2.61. The highest BCUT2D eigenvalue weighted by Gasteiger charge is 2.26. The summed E-state index contributed by atoms with van der Waals surface area (Å²) in [5.41, 5.74) is 1.85. The van der Waals surface area contributed by atoms with Crippen molar-refractivity contribution in [2.24, 2.45) is 0 Å². The van der Waals surface area contributed by atoms with Crippen LogP contribution in [0.3, 0.4) is 0 Å². The molecule has 0 radical (unpaired) electrons. The Labute approximate surface area is 152 Å². The molecule has 3 rings (SSSR count). The van der Waals surface area contributed by atoms with Gasteiger partial charge in [0.25, 0.3) is 0 Å². The molecule has 2 N–H and O–H groups in total. The lowest BCUT2D eigenvalue weighted by atomic mass is 10.2. The fourth-order valence-corrected chi connectivity index (χ4v) is 3.16. The van der Waals surface area contributed by atoms with Crippen LogP contribution in [0.5, 0.6) is 0 Å². The highest BCUT2D eigenvalue weighted by atomic mass is 16.3. The van der Waals surface area contributed by atoms with Gasteiger partial charge in [0.05, 0.1) is 31.1 Å². The summed E-state index contributed by atoms with van der Waals surface area (Å²) in [6, 6.07) is 5.57. The average Bonchev–Trinajstić information content (AvgIpc) is 3.32. The van der Waals surface area contributed by atoms with Crippen LogP contribution in [0.15, 0.2) is 30.6 Å². The number of aliphatic hydroxyl groups excluding tert-OH is 1. The molecule has 0 bridgehead atoms. The van der Waals surface area contributed by atoms with Gasteiger partial charge in [-0.3, -0.25) is 14.3 Å². The van der Waals surface area contributed by atoms with Gasteiger partial charge in [-0.25, -0.2) is 0 Å². The number of aryl methyl sites for hydroxylation is 1. The first-order chi connectivity index (χ1) is 12.6. The Kier molecular flexibility index (Phi) is 5.72. The molecule has 1 atom stereocenters. The van der Waals surface area contributed by atoms with Crippen LogP contribution in [0.1, 0.15) is 30.8 Å². The van der Waals surface area contributed by atoms with Gasteiger partial charge in [-0.1, -0.05) is 0 Å². The highest BCUT2D eigenvalue weighted by Crippen LogP contribution is 2.18. The zero-order valence-electron chi connectivity index (χ0n) is 15.0. The first-order valence-corrected chi connectivity index (χ1v) is 8.93. The monoisotopic (exact) mass is 359 g/mol. The largest absolute Gasteiger partial charge is 0.395 e. The van der Waals surface area contributed by atoms with E-state index in [2.05, 4.69) is 10.4 Å². The maximum atomic E-state index is 12.7. The molecule has 2 amide bonds. The molecule has 8 heteroatoms. The van der Waals surface area contributed by atoms with Gasteiger partial charge in [0.2, 0.25) is 11.8 Å². The van der Waals surface area contributed by atoms with Crippen molar-refractivity contribution in [1.82, 2.24) is 24.6 Å². The SMILES string of the molecule is CC(C(=O)N1CCn2nc(CCC(=O)NCCO)cc2C1)n1cccc1. The van der Waals surface area contributed by atoms with Gasteiger partial charge in [0, 0.05) is 38.3 Å². The number of nitrogens with zero attached hydrogens (tertiary/aromatic N) is 4. The molecule has 8 nitrogen and oxygen atoms in total. The summed E-state index contributed by atoms with van der Waals surface area (Å²) < 4.78 is 3.83. The summed E-state index contributed by atoms with van der Waals surface area (Å²) >= 11 is 0. The van der Waals surface area contributed by atoms with Crippen molar-refractivity contribution in [1.29, 1.82) is 0 Å². The fourth-order valence-electron chi connectivity index (χ4n) is 3.16. The van der Waals surface area contributed by atoms with Gasteiger partial charge < -0.3 is 19.9 Å². The van der Waals surface area contributed by atoms with E-state index < -0.39 is 0 Å². The topological polar surface area (TPSA) is 92.4 Å². The van der Waals surface area contributed by atoms with Gasteiger partial charge in [-0.2, -0.15) is 5.10 Å². The maximum absolute atomic E-state index is 12.7. The third-order valence-corrected chi connectivity index (χ3v) is 4.63. The number of nitrogens with one attached hydrogen (secondary N) is 1. The molecule has 1 unspecified atom stereocenters. The maximum Gasteiger partial charge on any atom is 0.245 e. The Morgan fingerprint density at radius 3 is 2.81 bits per heavy atom. The van der Waals surface area contributed by atoms with E-state index in [0.29, 0.717) is 32.5 Å². The second-order valence-corrected chi connectivity index (χ2v) is 6.49. The Morgan fingerprint density at radius 1 is 1.31 bits per heavy atom. The zero-order valence-corrected chi connectivity index (χ0v) is 15.0. The predicted octanol–water partition coefficient (Wildman–Crippen LogP) is 0.329. The number of amides is 2. The minimum absolute atomic E-state index is 0.0597. The third-order valence-electron chi connectivity index (χ3n) is 4.63. The standard InChI is InChI=1S/C18H25N5O3/c1-14(21-7-2-3-8-21)18(26)22-9-10-23-16(13-22)12-15(20-23)4-5-17(25)19-6-11-24/h2-3,7-8,12,14,24H,4-6,9-11,13H2,1H3,(H,19,25). The van der Waals surface area contributed by atoms with Crippen molar-refractivity contribution in [3.8, 4) is 0 Å². The lowest BCUT2D eigenvalue weighted by molar-refractivity contribution is -0.135. The van der Waals surface area contributed by atoms with Crippen LogP contribution in [0, 0.1) is 0 Å². The molecule has 1 aliphatic rings. The van der Waals surface area contributed by atoms with Crippen LogP contribution in [0.2, 0.25) is 0 Å². The average molecular weight is 359 g/mol. The molecule has 26 heavy (non-hydrogen) atoms. The number of aliphatic hydroxyl groups is 1. The van der Waals surface area contributed by atoms with Crippen LogP contribution in [0.4, 0.5) is 0 Å². The molecular weight excluding hydrogens is 334 g/mol. The number of carbonyl (C=O) groups is 2. The van der Waals surface area contributed by atoms with Crippen molar-refractivity contribution >= 4 is 11.8 Å². The van der Waals surface area contributed by atoms with Crippen molar-refractivity contribution in [3.63, 3.8) is 0 Å². The van der Waals surface area contributed by atoms with E-state index in [0.717, 1.165) is 11.4 Å². The van der Waals surface area contributed by atoms with E-state index in [1.807, 2.05) is 51.7 Å². The smallest absolute Gasteiger partial charge is 0.245 e. The second kappa shape index (κ2) is 8.18. The molecule has 2 aromatic heterocycles. The second-order valence-electron chi connectivity index (χ2n) is 6.49. The summed E-state index contributed by atoms with van der Waals surface area (Å²) in [4.78, 5) is 26.2. The van der Waals surface area contributed by atoms with Crippen molar-refractivity contribution in [2.75, 3.05) is 19.7 Å². The highest BCUT2D eigenvalue weighted by molar-refractivity contribution is 5.80. The summed E-state index contributed by atoms with van der Waals surface area (Å²) in [6.45, 7) is 3.95. The summed E-state index contributed by atoms with van der Waals surface area (Å²) in [6.07, 6.45) is 4.68. The molecule has 2 aromatic rings. The number of hydrogen-bond donors (Lipinski definition) is 2. The Balaban J connectivity index is 1.58. The summed E-state index contributed by atoms with van der Waals surface area (Å²) in [7, 11) is 0. The molecule has 140 valence electrons. The molecule has 3 heterocycles. The van der Waals surface area contributed by atoms with Gasteiger partial charge in [0.1, 0.15) is 6.04 Å². The minimum Gasteiger partial charge on any atom is -0.395 e. The van der Waals surface area contributed by atoms with Gasteiger partial charge in [-0.05, 0) is 25.1 Å². The summed E-state index contributed by atoms with van der Waals surface area (Å²) in [5, 5.41) is 15.9. The Bertz CT molecular complexity index is 753. The molecule has 0 saturated carbocycles. The number of fused-ring (bicyclic) bond motifs is 1. The molecular formula is C18H25N5O3. The van der Waals surface area contributed by atoms with Crippen molar-refractivity contribution in [3.05, 3.63) is 42.0 Å². The molecule has 1 aliphatic heterocycles. The van der Waals surface area contributed by atoms with E-state index in [4.69, 9.17) is 5.11 Å². The van der Waals surface area contributed by atoms with E-state index in [9.17, 15) is 9.59 Å². The lowest BCUT2D eigenvalue weighted by Crippen LogP contribution is -2.41. The number of hydrogen-bond acceptors (Lipinski definition) is 4. The van der Waals surface area contributed by atoms with Crippen LogP contribution in [0.25, 0.3) is 0 Å². The van der Waals surface area contributed by atoms with Crippen LogP contribution >= 0.6 is 0 Å². The summed E-state index contributed by atoms with van der Waals surface area (Å²) in [5.74, 6) is 0.000884. The van der Waals surface area contributed by atoms with E-state index in [1.54, 1.807) is 0 Å². The first kappa shape index (κ1) is 18.2. The third kappa shape index (κ3) is 4.13. The van der Waals surface area contributed by atoms with Gasteiger partial charge in [-0.15, -0.1) is 0 Å². The van der Waals surface area contributed by atoms with E-state index in [-0.39, 0.29) is 31.0 Å². The fraction of sp³-hybridized carbons (Fsp3) is 0.500. The van der Waals surface area contributed by atoms with Crippen LogP contribution in [-0.4, -0.2) is 55.9 Å². The normalized spacial score (nSPS) is 14.8. The first-order valence-electron chi connectivity index (χ1n) is 8.93. The van der Waals surface area contributed by atoms with Crippen LogP contribution in [-0.2, 0) is 29.1 Å². The minimum atomic E-state index is -0.228. The Morgan fingerprint density at radius 2 is 2.08 bits per heavy atom. The van der Waals surface area contributed by atoms with Crippen molar-refractivity contribution < 1.29 is 14.7 Å². The van der Waals surface area contributed by atoms with Crippen LogP contribution < -0.4 is 5.32 Å². The molecule has 0 spiro atoms. The molecule has 0 saturated heterocycles. The quantitative estimate of drug-likeness (QED) is 0.745. The number of rotatable bonds is 7. The predicted molar refractivity (Wildman–Crippen MR) is 95.2 cm³/mol. The zero-order chi connectivity index (χ0) is 18.5. The van der Waals surface area contributed by atoms with Gasteiger partial charge >= 0.3 is 0 Å². The number of aromatic nitrogens is 3. The van der Waals surface area contributed by atoms with E-state index >= 15 is 0 Å². The van der Waals surface area contributed by atoms with Crippen molar-refractivity contribution in [2.45, 2.75) is 38.9 Å². The molecule has 0 aromatic carbocycles. The molecule has 0 aliphatic carbocycles. The van der Waals surface area contributed by atoms with Gasteiger partial charge in [0.15, 0.2) is 0 Å². The lowest BCUT2D eigenvalue weighted by Gasteiger charge is -2.30.